The van der Waals surface area contributed by atoms with Crippen molar-refractivity contribution < 1.29 is 23.4 Å². The summed E-state index contributed by atoms with van der Waals surface area (Å²) < 4.78 is 33.6. The average molecular weight is 409 g/mol. The van der Waals surface area contributed by atoms with E-state index in [9.17, 15) is 18.7 Å². The molecule has 0 unspecified atom stereocenters. The Hall–Kier alpha value is -2.83. The molecule has 0 aliphatic carbocycles. The Morgan fingerprint density at radius 3 is 2.73 bits per heavy atom. The maximum atomic E-state index is 14.3. The molecule has 2 heterocycles. The number of halogens is 2. The van der Waals surface area contributed by atoms with Gasteiger partial charge in [0, 0.05) is 35.5 Å². The molecule has 2 saturated heterocycles. The summed E-state index contributed by atoms with van der Waals surface area (Å²) in [6, 6.07) is 14.8. The Bertz CT molecular complexity index is 1150. The lowest BCUT2D eigenvalue weighted by Crippen LogP contribution is -2.36. The van der Waals surface area contributed by atoms with Gasteiger partial charge in [-0.3, -0.25) is 4.79 Å². The van der Waals surface area contributed by atoms with Crippen LogP contribution in [-0.4, -0.2) is 48.8 Å². The van der Waals surface area contributed by atoms with Crippen molar-refractivity contribution in [3.8, 4) is 11.1 Å². The summed E-state index contributed by atoms with van der Waals surface area (Å²) in [5.74, 6) is -1.72. The molecule has 1 N–H and O–H groups in total. The smallest absolute Gasteiger partial charge is 0.253 e. The van der Waals surface area contributed by atoms with Gasteiger partial charge < -0.3 is 14.7 Å². The van der Waals surface area contributed by atoms with Crippen LogP contribution in [0, 0.1) is 23.0 Å². The molecule has 0 radical (unpaired) electrons. The molecule has 0 bridgehead atoms. The molecule has 3 aromatic carbocycles. The number of carbonyl (C=O) groups excluding carboxylic acids is 1. The molecule has 0 spiro atoms. The van der Waals surface area contributed by atoms with Crippen LogP contribution in [0.15, 0.2) is 54.6 Å². The molecule has 2 aliphatic heterocycles. The van der Waals surface area contributed by atoms with E-state index in [2.05, 4.69) is 0 Å². The summed E-state index contributed by atoms with van der Waals surface area (Å²) >= 11 is 0. The minimum atomic E-state index is -0.891. The molecule has 154 valence electrons. The van der Waals surface area contributed by atoms with E-state index in [1.165, 1.54) is 6.07 Å². The highest BCUT2D eigenvalue weighted by Crippen LogP contribution is 2.41. The van der Waals surface area contributed by atoms with Crippen molar-refractivity contribution in [3.05, 3.63) is 71.8 Å². The van der Waals surface area contributed by atoms with Gasteiger partial charge in [-0.2, -0.15) is 0 Å². The van der Waals surface area contributed by atoms with E-state index in [0.717, 1.165) is 16.8 Å². The van der Waals surface area contributed by atoms with Crippen LogP contribution in [-0.2, 0) is 4.74 Å². The second-order valence-electron chi connectivity index (χ2n) is 8.26. The number of benzene rings is 3. The van der Waals surface area contributed by atoms with E-state index < -0.39 is 11.6 Å². The van der Waals surface area contributed by atoms with Gasteiger partial charge in [-0.1, -0.05) is 36.4 Å². The molecule has 0 saturated carbocycles. The fraction of sp³-hybridized carbons (Fsp3) is 0.292. The maximum absolute atomic E-state index is 14.3. The lowest BCUT2D eigenvalue weighted by molar-refractivity contribution is 0.0631. The molecular weight excluding hydrogens is 388 g/mol. The minimum absolute atomic E-state index is 0.00171. The highest BCUT2D eigenvalue weighted by molar-refractivity contribution is 6.02. The fourth-order valence-electron chi connectivity index (χ4n) is 4.76. The lowest BCUT2D eigenvalue weighted by Gasteiger charge is -2.24. The van der Waals surface area contributed by atoms with Crippen LogP contribution < -0.4 is 0 Å². The van der Waals surface area contributed by atoms with Gasteiger partial charge in [0.05, 0.1) is 19.8 Å². The number of fused-ring (bicyclic) bond motifs is 2. The second kappa shape index (κ2) is 7.15. The summed E-state index contributed by atoms with van der Waals surface area (Å²) in [5.41, 5.74) is 0.940. The third kappa shape index (κ3) is 2.90. The molecule has 2 fully saturated rings. The predicted molar refractivity (Wildman–Crippen MR) is 109 cm³/mol. The van der Waals surface area contributed by atoms with Gasteiger partial charge in [0.1, 0.15) is 0 Å². The Labute approximate surface area is 172 Å². The Morgan fingerprint density at radius 1 is 1.13 bits per heavy atom. The number of ether oxygens (including phenoxy) is 1. The van der Waals surface area contributed by atoms with Crippen LogP contribution in [0.5, 0.6) is 0 Å². The van der Waals surface area contributed by atoms with Crippen molar-refractivity contribution in [2.75, 3.05) is 32.9 Å². The van der Waals surface area contributed by atoms with Gasteiger partial charge >= 0.3 is 0 Å². The second-order valence-corrected chi connectivity index (χ2v) is 8.26. The highest BCUT2D eigenvalue weighted by atomic mass is 19.2. The minimum Gasteiger partial charge on any atom is -0.396 e. The molecule has 6 heteroatoms. The van der Waals surface area contributed by atoms with Crippen LogP contribution >= 0.6 is 0 Å². The largest absolute Gasteiger partial charge is 0.396 e. The van der Waals surface area contributed by atoms with Gasteiger partial charge in [-0.05, 0) is 34.5 Å². The van der Waals surface area contributed by atoms with Gasteiger partial charge in [-0.15, -0.1) is 0 Å². The van der Waals surface area contributed by atoms with Crippen molar-refractivity contribution in [3.63, 3.8) is 0 Å². The van der Waals surface area contributed by atoms with Crippen molar-refractivity contribution in [1.29, 1.82) is 0 Å². The Morgan fingerprint density at radius 2 is 1.93 bits per heavy atom. The van der Waals surface area contributed by atoms with Crippen LogP contribution in [0.1, 0.15) is 10.4 Å². The lowest BCUT2D eigenvalue weighted by atomic mass is 9.82. The van der Waals surface area contributed by atoms with Gasteiger partial charge in [-0.25, -0.2) is 8.78 Å². The zero-order valence-electron chi connectivity index (χ0n) is 16.3. The molecule has 1 amide bonds. The van der Waals surface area contributed by atoms with Crippen molar-refractivity contribution in [2.24, 2.45) is 11.3 Å². The highest BCUT2D eigenvalue weighted by Gasteiger charge is 2.51. The van der Waals surface area contributed by atoms with E-state index in [4.69, 9.17) is 4.74 Å². The first-order valence-electron chi connectivity index (χ1n) is 9.97. The molecule has 4 nitrogen and oxygen atoms in total. The summed E-state index contributed by atoms with van der Waals surface area (Å²) in [4.78, 5) is 14.9. The van der Waals surface area contributed by atoms with Crippen LogP contribution in [0.2, 0.25) is 0 Å². The zero-order chi connectivity index (χ0) is 20.9. The maximum Gasteiger partial charge on any atom is 0.253 e. The molecule has 3 aromatic rings. The Balaban J connectivity index is 1.49. The zero-order valence-corrected chi connectivity index (χ0v) is 16.3. The van der Waals surface area contributed by atoms with Gasteiger partial charge in [0.15, 0.2) is 11.6 Å². The van der Waals surface area contributed by atoms with Crippen LogP contribution in [0.25, 0.3) is 21.9 Å². The third-order valence-electron chi connectivity index (χ3n) is 6.49. The van der Waals surface area contributed by atoms with Gasteiger partial charge in [0.2, 0.25) is 0 Å². The summed E-state index contributed by atoms with van der Waals surface area (Å²) in [6.07, 6.45) is 0. The van der Waals surface area contributed by atoms with Crippen molar-refractivity contribution >= 4 is 16.7 Å². The molecule has 0 aromatic heterocycles. The van der Waals surface area contributed by atoms with Crippen molar-refractivity contribution in [2.45, 2.75) is 0 Å². The van der Waals surface area contributed by atoms with Crippen molar-refractivity contribution in [1.82, 2.24) is 4.90 Å². The first kappa shape index (κ1) is 19.2. The number of amides is 1. The normalized spacial score (nSPS) is 23.2. The third-order valence-corrected chi connectivity index (χ3v) is 6.49. The van der Waals surface area contributed by atoms with E-state index in [1.807, 2.05) is 6.07 Å². The number of carbonyl (C=O) groups is 1. The standard InChI is InChI=1S/C24H21F2NO3/c25-21-6-2-5-20(22(21)26)19-4-1-3-15-9-16(7-8-18(15)19)23(29)27-10-17-11-30-14-24(17,12-27)13-28/h1-9,17,28H,10-14H2/t17-,24-/m0/s1. The molecular formula is C24H21F2NO3. The SMILES string of the molecule is O=C(c1ccc2c(-c3cccc(F)c3F)cccc2c1)N1C[C@H]2COC[C@@]2(CO)C1. The van der Waals surface area contributed by atoms with E-state index >= 15 is 0 Å². The monoisotopic (exact) mass is 409 g/mol. The van der Waals surface area contributed by atoms with Crippen LogP contribution in [0.3, 0.4) is 0 Å². The predicted octanol–water partition coefficient (Wildman–Crippen LogP) is 3.87. The number of rotatable bonds is 3. The first-order chi connectivity index (χ1) is 14.5. The summed E-state index contributed by atoms with van der Waals surface area (Å²) in [5, 5.41) is 11.4. The topological polar surface area (TPSA) is 49.8 Å². The number of aliphatic hydroxyl groups excluding tert-OH is 1. The molecule has 5 rings (SSSR count). The van der Waals surface area contributed by atoms with Gasteiger partial charge in [0.25, 0.3) is 5.91 Å². The Kier molecular flexibility index (Phi) is 4.56. The number of nitrogens with zero attached hydrogens (tertiary/aromatic N) is 1. The number of hydrogen-bond donors (Lipinski definition) is 1. The summed E-state index contributed by atoms with van der Waals surface area (Å²) in [6.45, 7) is 2.07. The van der Waals surface area contributed by atoms with E-state index in [-0.39, 0.29) is 29.4 Å². The summed E-state index contributed by atoms with van der Waals surface area (Å²) in [7, 11) is 0. The molecule has 30 heavy (non-hydrogen) atoms. The first-order valence-corrected chi connectivity index (χ1v) is 9.97. The van der Waals surface area contributed by atoms with E-state index in [1.54, 1.807) is 41.3 Å². The van der Waals surface area contributed by atoms with E-state index in [0.29, 0.717) is 37.4 Å². The fourth-order valence-corrected chi connectivity index (χ4v) is 4.76. The average Bonchev–Trinajstić information content (AvgIpc) is 3.32. The quantitative estimate of drug-likeness (QED) is 0.715. The molecule has 2 atom stereocenters. The number of hydrogen-bond acceptors (Lipinski definition) is 3. The van der Waals surface area contributed by atoms with Crippen LogP contribution in [0.4, 0.5) is 8.78 Å². The number of aliphatic hydroxyl groups is 1. The number of likely N-dealkylation sites (tertiary alicyclic amines) is 1. The molecule has 2 aliphatic rings.